The van der Waals surface area contributed by atoms with Crippen LogP contribution in [-0.4, -0.2) is 35.4 Å². The van der Waals surface area contributed by atoms with Crippen LogP contribution in [0.3, 0.4) is 0 Å². The van der Waals surface area contributed by atoms with Crippen LogP contribution in [0.25, 0.3) is 11.0 Å². The summed E-state index contributed by atoms with van der Waals surface area (Å²) < 4.78 is 5.63. The molecule has 0 unspecified atom stereocenters. The van der Waals surface area contributed by atoms with Crippen LogP contribution in [0.1, 0.15) is 43.2 Å². The number of likely N-dealkylation sites (tertiary alicyclic amines) is 1. The van der Waals surface area contributed by atoms with Crippen LogP contribution >= 0.6 is 0 Å². The van der Waals surface area contributed by atoms with Crippen LogP contribution in [0.4, 0.5) is 0 Å². The molecule has 0 bridgehead atoms. The molecule has 2 aromatic carbocycles. The average molecular weight is 420 g/mol. The zero-order valence-corrected chi connectivity index (χ0v) is 17.8. The van der Waals surface area contributed by atoms with Crippen molar-refractivity contribution in [3.05, 3.63) is 76.1 Å². The fraction of sp³-hybridized carbons (Fsp3) is 0.360. The van der Waals surface area contributed by atoms with Gasteiger partial charge in [-0.3, -0.25) is 0 Å². The van der Waals surface area contributed by atoms with Crippen LogP contribution in [0.5, 0.6) is 5.75 Å². The lowest BCUT2D eigenvalue weighted by Crippen LogP contribution is -2.40. The zero-order valence-electron chi connectivity index (χ0n) is 17.8. The minimum atomic E-state index is -0.529. The Kier molecular flexibility index (Phi) is 6.37. The van der Waals surface area contributed by atoms with Gasteiger partial charge in [-0.05, 0) is 50.6 Å². The Morgan fingerprint density at radius 2 is 1.77 bits per heavy atom. The zero-order chi connectivity index (χ0) is 21.8. The van der Waals surface area contributed by atoms with Crippen molar-refractivity contribution in [2.45, 2.75) is 32.1 Å². The molecule has 1 fully saturated rings. The topological polar surface area (TPSA) is 92.1 Å². The predicted octanol–water partition coefficient (Wildman–Crippen LogP) is 4.07. The molecule has 0 saturated carbocycles. The van der Waals surface area contributed by atoms with Gasteiger partial charge >= 0.3 is 5.63 Å². The van der Waals surface area contributed by atoms with Gasteiger partial charge in [0.15, 0.2) is 0 Å². The Labute approximate surface area is 182 Å². The van der Waals surface area contributed by atoms with Gasteiger partial charge in [-0.15, -0.1) is 0 Å². The fourth-order valence-corrected chi connectivity index (χ4v) is 4.68. The fourth-order valence-electron chi connectivity index (χ4n) is 4.68. The van der Waals surface area contributed by atoms with E-state index in [9.17, 15) is 9.90 Å². The molecule has 1 aliphatic heterocycles. The van der Waals surface area contributed by atoms with Gasteiger partial charge in [-0.1, -0.05) is 48.9 Å². The lowest BCUT2D eigenvalue weighted by molar-refractivity contribution is 0.207. The molecule has 2 atom stereocenters. The molecule has 3 N–H and O–H groups in total. The first-order chi connectivity index (χ1) is 15.1. The lowest BCUT2D eigenvalue weighted by atomic mass is 9.78. The van der Waals surface area contributed by atoms with Gasteiger partial charge in [0, 0.05) is 24.1 Å². The third kappa shape index (κ3) is 4.35. The number of hydrogen-bond acceptors (Lipinski definition) is 6. The molecule has 0 aliphatic carbocycles. The van der Waals surface area contributed by atoms with E-state index in [1.807, 2.05) is 43.3 Å². The van der Waals surface area contributed by atoms with Crippen molar-refractivity contribution in [2.24, 2.45) is 16.9 Å². The maximum atomic E-state index is 13.2. The molecule has 162 valence electrons. The summed E-state index contributed by atoms with van der Waals surface area (Å²) in [5.74, 6) is 5.10. The summed E-state index contributed by atoms with van der Waals surface area (Å²) in [4.78, 5) is 15.6. The van der Waals surface area contributed by atoms with Gasteiger partial charge in [0.05, 0.1) is 10.9 Å². The number of hydrogen-bond donors (Lipinski definition) is 2. The molecule has 6 nitrogen and oxygen atoms in total. The van der Waals surface area contributed by atoms with Crippen molar-refractivity contribution in [3.8, 4) is 5.75 Å². The van der Waals surface area contributed by atoms with Gasteiger partial charge < -0.3 is 20.3 Å². The van der Waals surface area contributed by atoms with Crippen molar-refractivity contribution >= 4 is 16.7 Å². The van der Waals surface area contributed by atoms with E-state index in [0.29, 0.717) is 17.5 Å². The van der Waals surface area contributed by atoms with Gasteiger partial charge in [-0.25, -0.2) is 4.79 Å². The highest BCUT2D eigenvalue weighted by atomic mass is 16.4. The molecular weight excluding hydrogens is 390 g/mol. The van der Waals surface area contributed by atoms with Crippen molar-refractivity contribution < 1.29 is 9.52 Å². The van der Waals surface area contributed by atoms with Crippen molar-refractivity contribution in [1.29, 1.82) is 0 Å². The van der Waals surface area contributed by atoms with Gasteiger partial charge in [-0.2, -0.15) is 5.10 Å². The smallest absolute Gasteiger partial charge is 0.343 e. The quantitative estimate of drug-likeness (QED) is 0.272. The summed E-state index contributed by atoms with van der Waals surface area (Å²) in [5, 5.41) is 15.8. The Balaban J connectivity index is 1.90. The number of piperidine rings is 1. The monoisotopic (exact) mass is 419 g/mol. The van der Waals surface area contributed by atoms with Crippen molar-refractivity contribution in [3.63, 3.8) is 0 Å². The number of para-hydroxylation sites is 1. The Bertz CT molecular complexity index is 1120. The van der Waals surface area contributed by atoms with Crippen LogP contribution in [0.2, 0.25) is 0 Å². The van der Waals surface area contributed by atoms with E-state index in [0.717, 1.165) is 37.2 Å². The molecular formula is C25H29N3O3. The number of hydrazone groups is 1. The largest absolute Gasteiger partial charge is 0.507 e. The normalized spacial score (nSPS) is 17.5. The second-order valence-corrected chi connectivity index (χ2v) is 8.27. The Hall–Kier alpha value is -3.12. The predicted molar refractivity (Wildman–Crippen MR) is 124 cm³/mol. The number of fused-ring (bicyclic) bond motifs is 1. The minimum absolute atomic E-state index is 0.0332. The van der Waals surface area contributed by atoms with Crippen molar-refractivity contribution in [2.75, 3.05) is 19.6 Å². The number of rotatable bonds is 6. The van der Waals surface area contributed by atoms with Gasteiger partial charge in [0.1, 0.15) is 11.3 Å². The first-order valence-corrected chi connectivity index (χ1v) is 10.9. The van der Waals surface area contributed by atoms with Crippen LogP contribution < -0.4 is 11.5 Å². The third-order valence-electron chi connectivity index (χ3n) is 6.34. The molecule has 2 heterocycles. The summed E-state index contributed by atoms with van der Waals surface area (Å²) in [6.45, 7) is 4.62. The maximum absolute atomic E-state index is 13.2. The van der Waals surface area contributed by atoms with Gasteiger partial charge in [0.25, 0.3) is 0 Å². The van der Waals surface area contributed by atoms with Crippen LogP contribution in [0.15, 0.2) is 68.9 Å². The second kappa shape index (κ2) is 9.35. The SMILES string of the molecule is C/C(=N\N)[C@H](CN1CCCCC1)[C@@H](c1ccccc1)c1c(O)c2ccccc2oc1=O. The molecule has 1 saturated heterocycles. The van der Waals surface area contributed by atoms with Gasteiger partial charge in [0.2, 0.25) is 0 Å². The summed E-state index contributed by atoms with van der Waals surface area (Å²) in [5.41, 5.74) is 1.77. The van der Waals surface area contributed by atoms with E-state index in [1.54, 1.807) is 18.2 Å². The summed E-state index contributed by atoms with van der Waals surface area (Å²) >= 11 is 0. The average Bonchev–Trinajstić information content (AvgIpc) is 2.81. The number of nitrogens with zero attached hydrogens (tertiary/aromatic N) is 2. The van der Waals surface area contributed by atoms with E-state index < -0.39 is 11.5 Å². The number of benzene rings is 2. The van der Waals surface area contributed by atoms with Crippen molar-refractivity contribution in [1.82, 2.24) is 4.90 Å². The summed E-state index contributed by atoms with van der Waals surface area (Å²) in [7, 11) is 0. The molecule has 31 heavy (non-hydrogen) atoms. The highest BCUT2D eigenvalue weighted by molar-refractivity contribution is 5.88. The van der Waals surface area contributed by atoms with E-state index in [4.69, 9.17) is 10.3 Å². The molecule has 0 radical (unpaired) electrons. The summed E-state index contributed by atoms with van der Waals surface area (Å²) in [6, 6.07) is 16.8. The lowest BCUT2D eigenvalue weighted by Gasteiger charge is -2.34. The highest BCUT2D eigenvalue weighted by Crippen LogP contribution is 2.39. The van der Waals surface area contributed by atoms with Crippen LogP contribution in [0, 0.1) is 5.92 Å². The van der Waals surface area contributed by atoms with Crippen LogP contribution in [-0.2, 0) is 0 Å². The molecule has 0 spiro atoms. The molecule has 3 aromatic rings. The van der Waals surface area contributed by atoms with E-state index in [1.165, 1.54) is 6.42 Å². The first kappa shape index (κ1) is 21.1. The summed E-state index contributed by atoms with van der Waals surface area (Å²) in [6.07, 6.45) is 3.55. The minimum Gasteiger partial charge on any atom is -0.507 e. The molecule has 1 aromatic heterocycles. The number of nitrogens with two attached hydrogens (primary N) is 1. The Morgan fingerprint density at radius 3 is 2.48 bits per heavy atom. The first-order valence-electron chi connectivity index (χ1n) is 10.9. The Morgan fingerprint density at radius 1 is 1.10 bits per heavy atom. The van der Waals surface area contributed by atoms with E-state index in [2.05, 4.69) is 10.0 Å². The van der Waals surface area contributed by atoms with E-state index >= 15 is 0 Å². The highest BCUT2D eigenvalue weighted by Gasteiger charge is 2.34. The molecule has 0 amide bonds. The maximum Gasteiger partial charge on any atom is 0.343 e. The molecule has 4 rings (SSSR count). The molecule has 6 heteroatoms. The third-order valence-corrected chi connectivity index (χ3v) is 6.34. The van der Waals surface area contributed by atoms with E-state index in [-0.39, 0.29) is 17.2 Å². The molecule has 1 aliphatic rings. The standard InChI is InChI=1S/C25H29N3O3/c1-17(27-26)20(16-28-14-8-3-9-15-28)22(18-10-4-2-5-11-18)23-24(29)19-12-6-7-13-21(19)31-25(23)30/h2,4-7,10-13,20,22,29H,3,8-9,14-16,26H2,1H3/b27-17+/t20-,22+/m0/s1. The number of aromatic hydroxyl groups is 1. The second-order valence-electron chi connectivity index (χ2n) is 8.27.